The second-order valence-electron chi connectivity index (χ2n) is 18.0. The van der Waals surface area contributed by atoms with Crippen LogP contribution in [0.1, 0.15) is 140 Å². The molecule has 0 spiro atoms. The van der Waals surface area contributed by atoms with E-state index in [4.69, 9.17) is 14.2 Å². The zero-order valence-corrected chi connectivity index (χ0v) is 36.1. The van der Waals surface area contributed by atoms with Gasteiger partial charge in [-0.15, -0.1) is 0 Å². The van der Waals surface area contributed by atoms with Crippen molar-refractivity contribution in [2.24, 2.45) is 10.8 Å². The van der Waals surface area contributed by atoms with Gasteiger partial charge in [-0.1, -0.05) is 125 Å². The maximum Gasteiger partial charge on any atom is 0.306 e. The van der Waals surface area contributed by atoms with Crippen LogP contribution in [0, 0.1) is 10.8 Å². The first-order valence-corrected chi connectivity index (χ1v) is 20.5. The third-order valence-corrected chi connectivity index (χ3v) is 11.7. The number of hydrogen-bond acceptors (Lipinski definition) is 8. The first-order valence-electron chi connectivity index (χ1n) is 20.5. The molecule has 0 unspecified atom stereocenters. The molecule has 56 heavy (non-hydrogen) atoms. The van der Waals surface area contributed by atoms with E-state index in [1.807, 2.05) is 94.5 Å². The van der Waals surface area contributed by atoms with Crippen molar-refractivity contribution in [3.05, 3.63) is 94.7 Å². The number of fused-ring (bicyclic) bond motifs is 1. The molecule has 0 amide bonds. The van der Waals surface area contributed by atoms with Gasteiger partial charge in [0.15, 0.2) is 5.78 Å². The van der Waals surface area contributed by atoms with Crippen LogP contribution in [-0.4, -0.2) is 63.6 Å². The second kappa shape index (κ2) is 19.7. The summed E-state index contributed by atoms with van der Waals surface area (Å²) < 4.78 is 17.3. The number of unbranched alkanes of at least 4 members (excludes halogenated alkanes) is 2. The number of carbonyl (C=O) groups is 3. The summed E-state index contributed by atoms with van der Waals surface area (Å²) in [4.78, 5) is 37.3. The fourth-order valence-electron chi connectivity index (χ4n) is 8.84. The van der Waals surface area contributed by atoms with E-state index in [2.05, 4.69) is 34.6 Å². The Labute approximate surface area is 337 Å². The molecule has 3 fully saturated rings. The standard InChI is InChI=1S/C48H70O8/c1-12-13-14-25-43(52)54-33-38(26-27-42-44(6,7)30-40(55-37(5)49)31-46(42,10)53)24-18-22-35(3)20-16-15-19-34(2)21-17-23-36(4)41(51)32-48-45(8,9)28-39(50)29-47(48,11)56-48/h15-24,27,39-40,50,53H,12-14,25-26,28-33H2,1-11H3/b16-15+,21-17+,22-18+,34-19+,35-20+,36-23+,38-24+,42-27?/t39-,40-,46+,47+,48-/m0/s1. The summed E-state index contributed by atoms with van der Waals surface area (Å²) in [6.07, 6.45) is 27.1. The predicted octanol–water partition coefficient (Wildman–Crippen LogP) is 10.0. The number of esters is 2. The Balaban J connectivity index is 1.63. The minimum absolute atomic E-state index is 0.0671. The van der Waals surface area contributed by atoms with Gasteiger partial charge in [0.25, 0.3) is 0 Å². The number of ether oxygens (including phenoxy) is 3. The second-order valence-corrected chi connectivity index (χ2v) is 18.0. The number of ketones is 1. The molecule has 0 bridgehead atoms. The molecule has 2 saturated carbocycles. The summed E-state index contributed by atoms with van der Waals surface area (Å²) in [5, 5.41) is 21.7. The van der Waals surface area contributed by atoms with Gasteiger partial charge in [0.2, 0.25) is 0 Å². The third-order valence-electron chi connectivity index (χ3n) is 11.7. The molecule has 5 atom stereocenters. The molecule has 0 aromatic carbocycles. The number of aliphatic hydroxyl groups is 2. The van der Waals surface area contributed by atoms with Crippen LogP contribution in [0.5, 0.6) is 0 Å². The molecular weight excluding hydrogens is 705 g/mol. The van der Waals surface area contributed by atoms with Gasteiger partial charge in [0.1, 0.15) is 18.3 Å². The van der Waals surface area contributed by atoms with E-state index in [9.17, 15) is 24.6 Å². The summed E-state index contributed by atoms with van der Waals surface area (Å²) in [6, 6.07) is 0. The normalized spacial score (nSPS) is 30.3. The van der Waals surface area contributed by atoms with Crippen molar-refractivity contribution in [3.8, 4) is 0 Å². The van der Waals surface area contributed by atoms with Crippen LogP contribution in [0.25, 0.3) is 0 Å². The number of hydrogen-bond donors (Lipinski definition) is 2. The van der Waals surface area contributed by atoms with E-state index in [0.717, 1.165) is 41.6 Å². The summed E-state index contributed by atoms with van der Waals surface area (Å²) in [5.74, 6) is -0.493. The van der Waals surface area contributed by atoms with Crippen LogP contribution in [0.3, 0.4) is 0 Å². The number of epoxide rings is 1. The molecule has 2 aliphatic carbocycles. The highest BCUT2D eigenvalue weighted by Gasteiger charge is 2.76. The molecule has 3 aliphatic rings. The minimum Gasteiger partial charge on any atom is -0.462 e. The Bertz CT molecular complexity index is 1650. The Morgan fingerprint density at radius 2 is 1.45 bits per heavy atom. The lowest BCUT2D eigenvalue weighted by molar-refractivity contribution is -0.152. The van der Waals surface area contributed by atoms with Gasteiger partial charge >= 0.3 is 11.9 Å². The minimum atomic E-state index is -1.14. The quantitative estimate of drug-likeness (QED) is 0.0353. The van der Waals surface area contributed by atoms with E-state index in [1.165, 1.54) is 6.92 Å². The third kappa shape index (κ3) is 13.0. The average Bonchev–Trinajstić information content (AvgIpc) is 3.68. The van der Waals surface area contributed by atoms with E-state index in [1.54, 1.807) is 6.92 Å². The van der Waals surface area contributed by atoms with Crippen molar-refractivity contribution >= 4 is 17.7 Å². The molecular formula is C48H70O8. The smallest absolute Gasteiger partial charge is 0.306 e. The highest BCUT2D eigenvalue weighted by molar-refractivity contribution is 5.96. The number of allylic oxidation sites excluding steroid dienone is 14. The van der Waals surface area contributed by atoms with Crippen LogP contribution < -0.4 is 0 Å². The molecule has 0 aromatic heterocycles. The fraction of sp³-hybridized carbons (Fsp3) is 0.604. The van der Waals surface area contributed by atoms with E-state index < -0.39 is 28.3 Å². The van der Waals surface area contributed by atoms with Gasteiger partial charge in [-0.2, -0.15) is 0 Å². The van der Waals surface area contributed by atoms with Gasteiger partial charge in [0, 0.05) is 32.6 Å². The summed E-state index contributed by atoms with van der Waals surface area (Å²) >= 11 is 0. The number of rotatable bonds is 18. The molecule has 3 rings (SSSR count). The maximum absolute atomic E-state index is 13.2. The summed E-state index contributed by atoms with van der Waals surface area (Å²) in [5.41, 5.74) is 1.75. The van der Waals surface area contributed by atoms with Crippen LogP contribution in [0.2, 0.25) is 0 Å². The van der Waals surface area contributed by atoms with Crippen molar-refractivity contribution in [1.82, 2.24) is 0 Å². The Hall–Kier alpha value is -3.59. The number of Topliss-reactive ketones (excluding diaryl/α,β-unsaturated/α-hetero) is 1. The molecule has 0 aromatic rings. The number of aliphatic hydroxyl groups excluding tert-OH is 1. The molecule has 8 nitrogen and oxygen atoms in total. The van der Waals surface area contributed by atoms with Crippen LogP contribution >= 0.6 is 0 Å². The van der Waals surface area contributed by atoms with Crippen LogP contribution in [0.4, 0.5) is 0 Å². The summed E-state index contributed by atoms with van der Waals surface area (Å²) in [6.45, 7) is 21.6. The van der Waals surface area contributed by atoms with Crippen molar-refractivity contribution in [2.75, 3.05) is 6.61 Å². The fourth-order valence-corrected chi connectivity index (χ4v) is 8.84. The largest absolute Gasteiger partial charge is 0.462 e. The molecule has 310 valence electrons. The Morgan fingerprint density at radius 3 is 2.02 bits per heavy atom. The first kappa shape index (κ1) is 46.8. The predicted molar refractivity (Wildman–Crippen MR) is 225 cm³/mol. The van der Waals surface area contributed by atoms with Crippen LogP contribution in [0.15, 0.2) is 94.7 Å². The van der Waals surface area contributed by atoms with Gasteiger partial charge in [-0.3, -0.25) is 14.4 Å². The first-order chi connectivity index (χ1) is 26.1. The van der Waals surface area contributed by atoms with Gasteiger partial charge in [-0.05, 0) is 87.9 Å². The zero-order chi connectivity index (χ0) is 42.0. The Kier molecular flexibility index (Phi) is 16.5. The molecule has 1 saturated heterocycles. The molecule has 1 aliphatic heterocycles. The van der Waals surface area contributed by atoms with Gasteiger partial charge in [0.05, 0.1) is 17.3 Å². The van der Waals surface area contributed by atoms with Crippen LogP contribution in [-0.2, 0) is 28.6 Å². The molecule has 0 radical (unpaired) electrons. The topological polar surface area (TPSA) is 123 Å². The van der Waals surface area contributed by atoms with E-state index in [-0.39, 0.29) is 35.8 Å². The lowest BCUT2D eigenvalue weighted by Crippen LogP contribution is -2.48. The molecule has 8 heteroatoms. The monoisotopic (exact) mass is 775 g/mol. The SMILES string of the molecule is CCCCCC(=O)OC/C(=C/C=C/C(C)=C/C=C/C=C(C)/C=C/C=C(\C)C(=O)C[C@@]12O[C@]1(C)C[C@@H](O)CC2(C)C)CC=C1C(C)(C)C[C@H](OC(C)=O)C[C@@]1(C)O. The van der Waals surface area contributed by atoms with Crippen molar-refractivity contribution < 1.29 is 38.8 Å². The molecule has 1 heterocycles. The molecule has 2 N–H and O–H groups in total. The van der Waals surface area contributed by atoms with E-state index in [0.29, 0.717) is 50.5 Å². The summed E-state index contributed by atoms with van der Waals surface area (Å²) in [7, 11) is 0. The van der Waals surface area contributed by atoms with Gasteiger partial charge in [-0.25, -0.2) is 0 Å². The lowest BCUT2D eigenvalue weighted by atomic mass is 9.61. The number of carbonyl (C=O) groups excluding carboxylic acids is 3. The average molecular weight is 775 g/mol. The van der Waals surface area contributed by atoms with Crippen molar-refractivity contribution in [3.63, 3.8) is 0 Å². The Morgan fingerprint density at radius 1 is 0.821 bits per heavy atom. The highest BCUT2D eigenvalue weighted by atomic mass is 16.6. The maximum atomic E-state index is 13.2. The zero-order valence-electron chi connectivity index (χ0n) is 36.1. The van der Waals surface area contributed by atoms with Crippen molar-refractivity contribution in [2.45, 2.75) is 169 Å². The highest BCUT2D eigenvalue weighted by Crippen LogP contribution is 2.67. The van der Waals surface area contributed by atoms with E-state index >= 15 is 0 Å². The van der Waals surface area contributed by atoms with Gasteiger partial charge < -0.3 is 24.4 Å². The van der Waals surface area contributed by atoms with Crippen molar-refractivity contribution in [1.29, 1.82) is 0 Å². The lowest BCUT2D eigenvalue weighted by Gasteiger charge is -2.46.